The molecule has 0 spiro atoms. The van der Waals surface area contributed by atoms with Gasteiger partial charge in [-0.05, 0) is 44.7 Å². The van der Waals surface area contributed by atoms with Crippen LogP contribution in [-0.2, 0) is 9.53 Å². The van der Waals surface area contributed by atoms with Crippen LogP contribution in [0.1, 0.15) is 44.0 Å². The molecular weight excluding hydrogens is 338 g/mol. The van der Waals surface area contributed by atoms with E-state index in [0.29, 0.717) is 11.6 Å². The van der Waals surface area contributed by atoms with E-state index in [1.807, 2.05) is 4.90 Å². The second kappa shape index (κ2) is 8.64. The van der Waals surface area contributed by atoms with Crippen LogP contribution in [0.4, 0.5) is 11.4 Å². The normalized spacial score (nSPS) is 17.1. The average molecular weight is 363 g/mol. The van der Waals surface area contributed by atoms with E-state index in [1.165, 1.54) is 12.1 Å². The lowest BCUT2D eigenvalue weighted by atomic mass is 9.99. The van der Waals surface area contributed by atoms with Gasteiger partial charge >= 0.3 is 5.97 Å². The molecule has 1 aliphatic rings. The summed E-state index contributed by atoms with van der Waals surface area (Å²) >= 11 is 0. The fourth-order valence-corrected chi connectivity index (χ4v) is 3.05. The highest BCUT2D eigenvalue weighted by molar-refractivity contribution is 5.93. The number of piperidine rings is 1. The summed E-state index contributed by atoms with van der Waals surface area (Å²) in [6.45, 7) is 6.79. The maximum absolute atomic E-state index is 12.1. The van der Waals surface area contributed by atoms with Gasteiger partial charge in [0.2, 0.25) is 0 Å². The van der Waals surface area contributed by atoms with Crippen molar-refractivity contribution >= 4 is 23.3 Å². The number of nitro groups is 1. The minimum Gasteiger partial charge on any atom is -0.452 e. The van der Waals surface area contributed by atoms with E-state index in [9.17, 15) is 19.7 Å². The Morgan fingerprint density at radius 1 is 1.42 bits per heavy atom. The predicted molar refractivity (Wildman–Crippen MR) is 97.3 cm³/mol. The van der Waals surface area contributed by atoms with Crippen molar-refractivity contribution in [2.75, 3.05) is 24.6 Å². The molecule has 142 valence electrons. The van der Waals surface area contributed by atoms with E-state index < -0.39 is 23.4 Å². The van der Waals surface area contributed by atoms with Crippen molar-refractivity contribution in [1.29, 1.82) is 0 Å². The van der Waals surface area contributed by atoms with Gasteiger partial charge in [-0.25, -0.2) is 4.79 Å². The Morgan fingerprint density at radius 2 is 2.15 bits per heavy atom. The fraction of sp³-hybridized carbons (Fsp3) is 0.556. The van der Waals surface area contributed by atoms with Crippen molar-refractivity contribution < 1.29 is 19.2 Å². The summed E-state index contributed by atoms with van der Waals surface area (Å²) in [5, 5.41) is 14.1. The lowest BCUT2D eigenvalue weighted by Crippen LogP contribution is -2.34. The molecule has 8 heteroatoms. The number of amides is 1. The zero-order chi connectivity index (χ0) is 19.3. The zero-order valence-electron chi connectivity index (χ0n) is 15.4. The Hall–Kier alpha value is -2.64. The van der Waals surface area contributed by atoms with Crippen molar-refractivity contribution in [1.82, 2.24) is 5.32 Å². The predicted octanol–water partition coefficient (Wildman–Crippen LogP) is 2.51. The first-order valence-corrected chi connectivity index (χ1v) is 8.77. The van der Waals surface area contributed by atoms with Gasteiger partial charge in [-0.2, -0.15) is 0 Å². The highest BCUT2D eigenvalue weighted by Crippen LogP contribution is 2.32. The number of ether oxygens (including phenoxy) is 1. The standard InChI is InChI=1S/C18H25N3O5/c1-12(2)19-17(22)11-26-18(23)14-6-7-15(16(9-14)21(24)25)20-8-4-5-13(3)10-20/h6-7,9,12-13H,4-5,8,10-11H2,1-3H3,(H,19,22)/t13-/m1/s1. The van der Waals surface area contributed by atoms with Gasteiger partial charge in [0.05, 0.1) is 10.5 Å². The third-order valence-electron chi connectivity index (χ3n) is 4.19. The number of rotatable bonds is 6. The highest BCUT2D eigenvalue weighted by Gasteiger charge is 2.25. The summed E-state index contributed by atoms with van der Waals surface area (Å²) in [5.41, 5.74) is 0.443. The topological polar surface area (TPSA) is 102 Å². The first-order chi connectivity index (χ1) is 12.3. The van der Waals surface area contributed by atoms with E-state index in [0.717, 1.165) is 25.9 Å². The number of nitrogens with zero attached hydrogens (tertiary/aromatic N) is 2. The molecule has 0 unspecified atom stereocenters. The van der Waals surface area contributed by atoms with Gasteiger partial charge in [0.1, 0.15) is 5.69 Å². The number of benzene rings is 1. The molecule has 0 aliphatic carbocycles. The number of hydrogen-bond acceptors (Lipinski definition) is 6. The molecule has 0 saturated carbocycles. The number of nitro benzene ring substituents is 1. The third kappa shape index (κ3) is 5.18. The molecule has 2 rings (SSSR count). The minimum atomic E-state index is -0.759. The molecule has 8 nitrogen and oxygen atoms in total. The van der Waals surface area contributed by atoms with E-state index in [1.54, 1.807) is 19.9 Å². The van der Waals surface area contributed by atoms with Crippen molar-refractivity contribution in [2.24, 2.45) is 5.92 Å². The Balaban J connectivity index is 2.13. The van der Waals surface area contributed by atoms with Gasteiger partial charge in [0.25, 0.3) is 11.6 Å². The SMILES string of the molecule is CC(C)NC(=O)COC(=O)c1ccc(N2CCC[C@@H](C)C2)c([N+](=O)[O-])c1. The molecule has 0 aromatic heterocycles. The third-order valence-corrected chi connectivity index (χ3v) is 4.19. The second-order valence-corrected chi connectivity index (χ2v) is 6.95. The van der Waals surface area contributed by atoms with E-state index in [4.69, 9.17) is 4.74 Å². The first kappa shape index (κ1) is 19.7. The summed E-state index contributed by atoms with van der Waals surface area (Å²) in [4.78, 5) is 36.6. The van der Waals surface area contributed by atoms with Crippen molar-refractivity contribution in [3.63, 3.8) is 0 Å². The van der Waals surface area contributed by atoms with Gasteiger partial charge in [0.15, 0.2) is 6.61 Å². The van der Waals surface area contributed by atoms with Crippen molar-refractivity contribution in [3.05, 3.63) is 33.9 Å². The minimum absolute atomic E-state index is 0.0582. The molecule has 1 amide bonds. The van der Waals surface area contributed by atoms with E-state index >= 15 is 0 Å². The number of nitrogens with one attached hydrogen (secondary N) is 1. The molecule has 1 aliphatic heterocycles. The molecule has 1 N–H and O–H groups in total. The lowest BCUT2D eigenvalue weighted by Gasteiger charge is -2.32. The number of carbonyl (C=O) groups excluding carboxylic acids is 2. The van der Waals surface area contributed by atoms with Crippen LogP contribution in [0.15, 0.2) is 18.2 Å². The van der Waals surface area contributed by atoms with Crippen molar-refractivity contribution in [3.8, 4) is 0 Å². The quantitative estimate of drug-likeness (QED) is 0.473. The first-order valence-electron chi connectivity index (χ1n) is 8.77. The Labute approximate surface area is 152 Å². The van der Waals surface area contributed by atoms with Gasteiger partial charge in [-0.15, -0.1) is 0 Å². The van der Waals surface area contributed by atoms with E-state index in [2.05, 4.69) is 12.2 Å². The Morgan fingerprint density at radius 3 is 2.77 bits per heavy atom. The van der Waals surface area contributed by atoms with Crippen LogP contribution in [0.2, 0.25) is 0 Å². The molecule has 1 fully saturated rings. The molecule has 1 aromatic rings. The summed E-state index contributed by atoms with van der Waals surface area (Å²) in [6, 6.07) is 4.25. The molecular formula is C18H25N3O5. The van der Waals surface area contributed by atoms with Crippen molar-refractivity contribution in [2.45, 2.75) is 39.7 Å². The van der Waals surface area contributed by atoms with Gasteiger partial charge in [-0.3, -0.25) is 14.9 Å². The van der Waals surface area contributed by atoms with Gasteiger partial charge in [-0.1, -0.05) is 6.92 Å². The van der Waals surface area contributed by atoms with Crippen LogP contribution in [-0.4, -0.2) is 42.5 Å². The molecule has 1 saturated heterocycles. The van der Waals surface area contributed by atoms with E-state index in [-0.39, 0.29) is 17.3 Å². The summed E-state index contributed by atoms with van der Waals surface area (Å²) in [5.74, 6) is -0.709. The molecule has 1 atom stereocenters. The number of hydrogen-bond donors (Lipinski definition) is 1. The van der Waals surface area contributed by atoms with Gasteiger partial charge < -0.3 is 15.0 Å². The Bertz CT molecular complexity index is 689. The molecule has 0 radical (unpaired) electrons. The summed E-state index contributed by atoms with van der Waals surface area (Å²) in [7, 11) is 0. The van der Waals surface area contributed by atoms with Crippen LogP contribution in [0.5, 0.6) is 0 Å². The van der Waals surface area contributed by atoms with Crippen LogP contribution < -0.4 is 10.2 Å². The number of esters is 1. The maximum Gasteiger partial charge on any atom is 0.338 e. The van der Waals surface area contributed by atoms with Crippen LogP contribution in [0.25, 0.3) is 0 Å². The fourth-order valence-electron chi connectivity index (χ4n) is 3.05. The lowest BCUT2D eigenvalue weighted by molar-refractivity contribution is -0.384. The van der Waals surface area contributed by atoms with Crippen LogP contribution in [0, 0.1) is 16.0 Å². The summed E-state index contributed by atoms with van der Waals surface area (Å²) in [6.07, 6.45) is 2.08. The summed E-state index contributed by atoms with van der Waals surface area (Å²) < 4.78 is 4.94. The second-order valence-electron chi connectivity index (χ2n) is 6.95. The van der Waals surface area contributed by atoms with Crippen LogP contribution >= 0.6 is 0 Å². The smallest absolute Gasteiger partial charge is 0.338 e. The molecule has 26 heavy (non-hydrogen) atoms. The largest absolute Gasteiger partial charge is 0.452 e. The number of carbonyl (C=O) groups is 2. The molecule has 1 heterocycles. The molecule has 0 bridgehead atoms. The highest BCUT2D eigenvalue weighted by atomic mass is 16.6. The Kier molecular flexibility index (Phi) is 6.54. The zero-order valence-corrected chi connectivity index (χ0v) is 15.4. The van der Waals surface area contributed by atoms with Gasteiger partial charge in [0, 0.05) is 25.2 Å². The monoisotopic (exact) mass is 363 g/mol. The maximum atomic E-state index is 12.1. The average Bonchev–Trinajstić information content (AvgIpc) is 2.58. The number of anilines is 1. The van der Waals surface area contributed by atoms with Crippen LogP contribution in [0.3, 0.4) is 0 Å². The molecule has 1 aromatic carbocycles.